The van der Waals surface area contributed by atoms with Crippen LogP contribution in [0.15, 0.2) is 42.5 Å². The first-order valence-corrected chi connectivity index (χ1v) is 14.1. The zero-order chi connectivity index (χ0) is 27.2. The molecule has 3 N–H and O–H groups in total. The van der Waals surface area contributed by atoms with Crippen LogP contribution >= 0.6 is 0 Å². The molecule has 8 heteroatoms. The van der Waals surface area contributed by atoms with Gasteiger partial charge in [0.1, 0.15) is 30.5 Å². The summed E-state index contributed by atoms with van der Waals surface area (Å²) in [5.41, 5.74) is 0.798. The van der Waals surface area contributed by atoms with Crippen molar-refractivity contribution in [2.45, 2.75) is 67.7 Å². The highest BCUT2D eigenvalue weighted by atomic mass is 16.6. The van der Waals surface area contributed by atoms with Crippen LogP contribution in [0.4, 0.5) is 0 Å². The number of ether oxygens (including phenoxy) is 2. The molecule has 1 amide bonds. The second-order valence-electron chi connectivity index (χ2n) is 12.4. The number of hydrogen-bond donors (Lipinski definition) is 3. The molecule has 6 atom stereocenters. The number of carbonyl (C=O) groups is 1. The molecule has 0 radical (unpaired) electrons. The number of hydrogen-bond acceptors (Lipinski definition) is 6. The molecule has 1 saturated heterocycles. The standard InChI is InChI=1S/C31H36N2O6/c1-32(26(35)11-8-19-4-3-5-22(16-19)38-2)23-12-13-31(36)25-17-21-9-10-24(34)28-27(21)30(31,29(23)39-28)14-15-33(25,37)18-20-6-7-20/h3-5,8-11,16,20,23,25,29,36-37H,6-7,12-15,17-18H2,1-2H3/p+1/b11-8+/t23?,25-,29?,30+,31?,33?/m1/s1. The number of quaternary nitrogens is 1. The first kappa shape index (κ1) is 24.9. The Balaban J connectivity index is 1.25. The van der Waals surface area contributed by atoms with E-state index in [9.17, 15) is 20.2 Å². The number of benzene rings is 2. The van der Waals surface area contributed by atoms with Gasteiger partial charge in [0.15, 0.2) is 17.5 Å². The average molecular weight is 534 g/mol. The van der Waals surface area contributed by atoms with E-state index in [0.717, 1.165) is 35.3 Å². The fraction of sp³-hybridized carbons (Fsp3) is 0.516. The van der Waals surface area contributed by atoms with Crippen molar-refractivity contribution in [3.05, 3.63) is 59.2 Å². The lowest BCUT2D eigenvalue weighted by atomic mass is 9.48. The zero-order valence-electron chi connectivity index (χ0n) is 22.5. The predicted molar refractivity (Wildman–Crippen MR) is 144 cm³/mol. The minimum atomic E-state index is -1.19. The first-order chi connectivity index (χ1) is 18.7. The maximum atomic E-state index is 13.4. The average Bonchev–Trinajstić information content (AvgIpc) is 3.66. The van der Waals surface area contributed by atoms with E-state index in [1.54, 1.807) is 37.3 Å². The van der Waals surface area contributed by atoms with Crippen LogP contribution in [0.1, 0.15) is 48.8 Å². The quantitative estimate of drug-likeness (QED) is 0.389. The van der Waals surface area contributed by atoms with E-state index >= 15 is 0 Å². The Hall–Kier alpha value is -3.07. The molecular weight excluding hydrogens is 496 g/mol. The maximum Gasteiger partial charge on any atom is 0.246 e. The van der Waals surface area contributed by atoms with Gasteiger partial charge in [-0.15, -0.1) is 0 Å². The largest absolute Gasteiger partial charge is 0.504 e. The Bertz CT molecular complexity index is 1370. The Labute approximate surface area is 228 Å². The van der Waals surface area contributed by atoms with Gasteiger partial charge in [0.25, 0.3) is 0 Å². The molecule has 2 aromatic carbocycles. The molecule has 2 aromatic rings. The molecule has 2 bridgehead atoms. The predicted octanol–water partition coefficient (Wildman–Crippen LogP) is 3.41. The van der Waals surface area contributed by atoms with Gasteiger partial charge in [0, 0.05) is 37.4 Å². The highest BCUT2D eigenvalue weighted by Gasteiger charge is 2.77. The topological polar surface area (TPSA) is 99.5 Å². The number of likely N-dealkylation sites (N-methyl/N-ethyl adjacent to an activating group) is 1. The van der Waals surface area contributed by atoms with Crippen molar-refractivity contribution < 1.29 is 34.3 Å². The molecule has 5 aliphatic rings. The molecule has 0 aromatic heterocycles. The molecule has 4 unspecified atom stereocenters. The Morgan fingerprint density at radius 3 is 2.82 bits per heavy atom. The molecule has 1 spiro atoms. The van der Waals surface area contributed by atoms with E-state index in [0.29, 0.717) is 50.4 Å². The number of piperidine rings is 1. The molecule has 206 valence electrons. The summed E-state index contributed by atoms with van der Waals surface area (Å²) >= 11 is 0. The molecular formula is C31H37N2O6+. The van der Waals surface area contributed by atoms with Crippen LogP contribution in [0.25, 0.3) is 6.08 Å². The van der Waals surface area contributed by atoms with E-state index in [4.69, 9.17) is 9.47 Å². The van der Waals surface area contributed by atoms with Crippen LogP contribution < -0.4 is 9.47 Å². The number of likely N-dealkylation sites (tertiary alicyclic amines) is 1. The molecule has 8 nitrogen and oxygen atoms in total. The molecule has 2 aliphatic heterocycles. The smallest absolute Gasteiger partial charge is 0.246 e. The fourth-order valence-corrected chi connectivity index (χ4v) is 8.35. The van der Waals surface area contributed by atoms with E-state index < -0.39 is 17.1 Å². The van der Waals surface area contributed by atoms with Crippen molar-refractivity contribution >= 4 is 12.0 Å². The van der Waals surface area contributed by atoms with Gasteiger partial charge in [-0.3, -0.25) is 4.79 Å². The third-order valence-corrected chi connectivity index (χ3v) is 10.4. The fourth-order valence-electron chi connectivity index (χ4n) is 8.35. The second-order valence-corrected chi connectivity index (χ2v) is 12.4. The number of methoxy groups -OCH3 is 1. The summed E-state index contributed by atoms with van der Waals surface area (Å²) in [6.07, 6.45) is 7.17. The lowest BCUT2D eigenvalue weighted by Crippen LogP contribution is -2.82. The van der Waals surface area contributed by atoms with Crippen molar-refractivity contribution in [2.24, 2.45) is 5.92 Å². The molecule has 7 rings (SSSR count). The Kier molecular flexibility index (Phi) is 5.41. The highest BCUT2D eigenvalue weighted by Crippen LogP contribution is 2.66. The van der Waals surface area contributed by atoms with Crippen LogP contribution in [0.2, 0.25) is 0 Å². The van der Waals surface area contributed by atoms with Crippen LogP contribution in [0, 0.1) is 5.92 Å². The van der Waals surface area contributed by atoms with Crippen LogP contribution in [0.3, 0.4) is 0 Å². The van der Waals surface area contributed by atoms with Gasteiger partial charge in [-0.05, 0) is 61.1 Å². The molecule has 3 fully saturated rings. The van der Waals surface area contributed by atoms with Gasteiger partial charge >= 0.3 is 0 Å². The SMILES string of the molecule is COc1cccc(/C=C/C(=O)N(C)C2CCC3(O)[C@H]4Cc5ccc(O)c6c5[C@@]3(CC[N+]4(O)CC3CC3)C2O6)c1. The summed E-state index contributed by atoms with van der Waals surface area (Å²) < 4.78 is 11.8. The number of hydroxylamine groups is 3. The van der Waals surface area contributed by atoms with E-state index in [2.05, 4.69) is 0 Å². The minimum absolute atomic E-state index is 0.0669. The van der Waals surface area contributed by atoms with Crippen LogP contribution in [0.5, 0.6) is 17.2 Å². The van der Waals surface area contributed by atoms with E-state index in [1.807, 2.05) is 30.3 Å². The number of aliphatic hydroxyl groups is 1. The van der Waals surface area contributed by atoms with Crippen molar-refractivity contribution in [3.8, 4) is 17.2 Å². The maximum absolute atomic E-state index is 13.4. The number of carbonyl (C=O) groups excluding carboxylic acids is 1. The number of phenols is 1. The van der Waals surface area contributed by atoms with Gasteiger partial charge in [-0.2, -0.15) is 4.65 Å². The minimum Gasteiger partial charge on any atom is -0.504 e. The zero-order valence-corrected chi connectivity index (χ0v) is 22.5. The Morgan fingerprint density at radius 1 is 1.23 bits per heavy atom. The van der Waals surface area contributed by atoms with Crippen molar-refractivity contribution in [1.29, 1.82) is 0 Å². The molecule has 2 saturated carbocycles. The number of amides is 1. The summed E-state index contributed by atoms with van der Waals surface area (Å²) in [6.45, 7) is 1.20. The van der Waals surface area contributed by atoms with Crippen molar-refractivity contribution in [3.63, 3.8) is 0 Å². The molecule has 2 heterocycles. The second kappa shape index (κ2) is 8.46. The Morgan fingerprint density at radius 2 is 2.05 bits per heavy atom. The first-order valence-electron chi connectivity index (χ1n) is 14.1. The van der Waals surface area contributed by atoms with E-state index in [-0.39, 0.29) is 28.4 Å². The highest BCUT2D eigenvalue weighted by molar-refractivity contribution is 5.92. The summed E-state index contributed by atoms with van der Waals surface area (Å²) in [6, 6.07) is 10.5. The number of phenolic OH excluding ortho intramolecular Hbond substituents is 1. The third-order valence-electron chi connectivity index (χ3n) is 10.4. The summed E-state index contributed by atoms with van der Waals surface area (Å²) in [4.78, 5) is 15.2. The lowest BCUT2D eigenvalue weighted by molar-refractivity contribution is -1.13. The number of aromatic hydroxyl groups is 1. The number of nitrogens with zero attached hydrogens (tertiary/aromatic N) is 2. The van der Waals surface area contributed by atoms with Gasteiger partial charge in [0.2, 0.25) is 5.91 Å². The van der Waals surface area contributed by atoms with Crippen molar-refractivity contribution in [2.75, 3.05) is 27.2 Å². The number of rotatable bonds is 6. The van der Waals surface area contributed by atoms with Crippen LogP contribution in [-0.2, 0) is 16.6 Å². The van der Waals surface area contributed by atoms with Gasteiger partial charge in [-0.1, -0.05) is 18.2 Å². The monoisotopic (exact) mass is 533 g/mol. The van der Waals surface area contributed by atoms with Gasteiger partial charge in [-0.25, -0.2) is 5.21 Å². The van der Waals surface area contributed by atoms with Gasteiger partial charge in [0.05, 0.1) is 18.6 Å². The molecule has 3 aliphatic carbocycles. The van der Waals surface area contributed by atoms with Crippen LogP contribution in [-0.4, -0.2) is 81.9 Å². The lowest BCUT2D eigenvalue weighted by Gasteiger charge is -2.64. The van der Waals surface area contributed by atoms with E-state index in [1.165, 1.54) is 0 Å². The summed E-state index contributed by atoms with van der Waals surface area (Å²) in [7, 11) is 3.40. The molecule has 39 heavy (non-hydrogen) atoms. The van der Waals surface area contributed by atoms with Gasteiger partial charge < -0.3 is 24.6 Å². The summed E-state index contributed by atoms with van der Waals surface area (Å²) in [5, 5.41) is 35.5. The van der Waals surface area contributed by atoms with Crippen molar-refractivity contribution in [1.82, 2.24) is 4.90 Å². The summed E-state index contributed by atoms with van der Waals surface area (Å²) in [5.74, 6) is 1.58. The normalized spacial score (nSPS) is 35.8. The third kappa shape index (κ3) is 3.44.